The van der Waals surface area contributed by atoms with Crippen LogP contribution >= 0.6 is 0 Å². The summed E-state index contributed by atoms with van der Waals surface area (Å²) in [5, 5.41) is 11.6. The number of nitrogens with one attached hydrogen (secondary N) is 2. The number of carboxylic acid groups (broad SMARTS) is 1. The summed E-state index contributed by atoms with van der Waals surface area (Å²) in [5.74, 6) is 0. The van der Waals surface area contributed by atoms with Gasteiger partial charge in [0.2, 0.25) is 0 Å². The summed E-state index contributed by atoms with van der Waals surface area (Å²) in [5.41, 5.74) is 0.447. The number of hydrogen-bond acceptors (Lipinski definition) is 1. The molecule has 0 bridgehead atoms. The van der Waals surface area contributed by atoms with E-state index in [0.29, 0.717) is 17.3 Å². The maximum absolute atomic E-state index is 12.6. The number of fused-ring (bicyclic) bond motifs is 1. The van der Waals surface area contributed by atoms with E-state index in [0.717, 1.165) is 17.7 Å². The highest BCUT2D eigenvalue weighted by Gasteiger charge is 2.30. The molecule has 0 aliphatic rings. The fourth-order valence-electron chi connectivity index (χ4n) is 2.12. The Hall–Kier alpha value is -2.18. The van der Waals surface area contributed by atoms with E-state index in [4.69, 9.17) is 5.11 Å². The Bertz CT molecular complexity index is 634. The van der Waals surface area contributed by atoms with Crippen LogP contribution in [-0.2, 0) is 12.6 Å². The van der Waals surface area contributed by atoms with E-state index in [-0.39, 0.29) is 6.04 Å². The minimum Gasteiger partial charge on any atom is -0.465 e. The predicted octanol–water partition coefficient (Wildman–Crippen LogP) is 3.39. The lowest BCUT2D eigenvalue weighted by Crippen LogP contribution is -2.32. The largest absolute Gasteiger partial charge is 0.465 e. The first-order chi connectivity index (χ1) is 9.27. The van der Waals surface area contributed by atoms with Gasteiger partial charge in [0.1, 0.15) is 0 Å². The van der Waals surface area contributed by atoms with Crippen molar-refractivity contribution < 1.29 is 23.1 Å². The molecule has 1 unspecified atom stereocenters. The lowest BCUT2D eigenvalue weighted by atomic mass is 10.0. The average Bonchev–Trinajstić information content (AvgIpc) is 2.69. The summed E-state index contributed by atoms with van der Waals surface area (Å²) in [7, 11) is 0. The van der Waals surface area contributed by atoms with Gasteiger partial charge in [-0.05, 0) is 31.0 Å². The predicted molar refractivity (Wildman–Crippen MR) is 67.6 cm³/mol. The summed E-state index contributed by atoms with van der Waals surface area (Å²) < 4.78 is 37.8. The summed E-state index contributed by atoms with van der Waals surface area (Å²) in [6, 6.07) is 3.15. The van der Waals surface area contributed by atoms with E-state index >= 15 is 0 Å². The Kier molecular flexibility index (Phi) is 3.61. The molecule has 0 saturated heterocycles. The fraction of sp³-hybridized carbons (Fsp3) is 0.308. The number of aromatic nitrogens is 1. The van der Waals surface area contributed by atoms with Gasteiger partial charge in [0.15, 0.2) is 0 Å². The Morgan fingerprint density at radius 2 is 2.15 bits per heavy atom. The van der Waals surface area contributed by atoms with E-state index in [2.05, 4.69) is 10.3 Å². The van der Waals surface area contributed by atoms with E-state index in [1.54, 1.807) is 13.1 Å². The second kappa shape index (κ2) is 5.07. The zero-order valence-corrected chi connectivity index (χ0v) is 10.6. The van der Waals surface area contributed by atoms with Crippen LogP contribution in [0.15, 0.2) is 24.4 Å². The minimum absolute atomic E-state index is 0.325. The molecule has 1 atom stereocenters. The molecule has 1 aromatic heterocycles. The van der Waals surface area contributed by atoms with Crippen molar-refractivity contribution in [3.8, 4) is 0 Å². The minimum atomic E-state index is -4.38. The second-order valence-corrected chi connectivity index (χ2v) is 4.63. The third-order valence-electron chi connectivity index (χ3n) is 2.99. The smallest absolute Gasteiger partial charge is 0.416 e. The van der Waals surface area contributed by atoms with Crippen LogP contribution in [0.2, 0.25) is 0 Å². The molecule has 3 N–H and O–H groups in total. The molecule has 0 radical (unpaired) electrons. The van der Waals surface area contributed by atoms with Crippen LogP contribution in [0.3, 0.4) is 0 Å². The number of H-pyrrole nitrogens is 1. The maximum atomic E-state index is 12.6. The molecule has 1 aromatic carbocycles. The van der Waals surface area contributed by atoms with Crippen molar-refractivity contribution in [1.82, 2.24) is 10.3 Å². The summed E-state index contributed by atoms with van der Waals surface area (Å²) in [4.78, 5) is 13.3. The molecular formula is C13H13F3N2O2. The van der Waals surface area contributed by atoms with Crippen molar-refractivity contribution in [2.24, 2.45) is 0 Å². The second-order valence-electron chi connectivity index (χ2n) is 4.63. The highest BCUT2D eigenvalue weighted by Crippen LogP contribution is 2.32. The monoisotopic (exact) mass is 286 g/mol. The molecule has 4 nitrogen and oxygen atoms in total. The lowest BCUT2D eigenvalue weighted by Gasteiger charge is -2.10. The number of alkyl halides is 3. The van der Waals surface area contributed by atoms with Gasteiger partial charge in [0, 0.05) is 23.1 Å². The molecule has 0 aliphatic carbocycles. The van der Waals surface area contributed by atoms with Crippen LogP contribution in [0.5, 0.6) is 0 Å². The molecule has 0 fully saturated rings. The molecule has 2 rings (SSSR count). The Morgan fingerprint density at radius 1 is 1.45 bits per heavy atom. The van der Waals surface area contributed by atoms with Gasteiger partial charge in [-0.15, -0.1) is 0 Å². The Balaban J connectivity index is 2.27. The number of halogens is 3. The molecule has 0 aliphatic heterocycles. The Labute approximate surface area is 112 Å². The summed E-state index contributed by atoms with van der Waals surface area (Å²) in [6.07, 6.45) is -3.50. The first-order valence-corrected chi connectivity index (χ1v) is 5.94. The molecule has 1 amide bonds. The SMILES string of the molecule is CC(Cc1c[nH]c2cc(C(F)(F)F)ccc12)NC(=O)O. The number of aromatic amines is 1. The van der Waals surface area contributed by atoms with Crippen LogP contribution in [-0.4, -0.2) is 22.2 Å². The number of benzene rings is 1. The van der Waals surface area contributed by atoms with E-state index < -0.39 is 17.8 Å². The van der Waals surface area contributed by atoms with Crippen LogP contribution in [0.4, 0.5) is 18.0 Å². The quantitative estimate of drug-likeness (QED) is 0.809. The van der Waals surface area contributed by atoms with Gasteiger partial charge in [-0.2, -0.15) is 13.2 Å². The van der Waals surface area contributed by atoms with Gasteiger partial charge in [0.25, 0.3) is 0 Å². The number of rotatable bonds is 3. The van der Waals surface area contributed by atoms with Crippen molar-refractivity contribution in [2.45, 2.75) is 25.6 Å². The lowest BCUT2D eigenvalue weighted by molar-refractivity contribution is -0.137. The molecule has 2 aromatic rings. The zero-order valence-electron chi connectivity index (χ0n) is 10.6. The average molecular weight is 286 g/mol. The molecule has 108 valence electrons. The molecule has 0 spiro atoms. The highest BCUT2D eigenvalue weighted by atomic mass is 19.4. The molecule has 1 heterocycles. The van der Waals surface area contributed by atoms with E-state index in [1.165, 1.54) is 6.07 Å². The Morgan fingerprint density at radius 3 is 2.75 bits per heavy atom. The fourth-order valence-corrected chi connectivity index (χ4v) is 2.12. The first-order valence-electron chi connectivity index (χ1n) is 5.94. The highest BCUT2D eigenvalue weighted by molar-refractivity contribution is 5.84. The van der Waals surface area contributed by atoms with E-state index in [9.17, 15) is 18.0 Å². The topological polar surface area (TPSA) is 65.1 Å². The molecule has 20 heavy (non-hydrogen) atoms. The summed E-state index contributed by atoms with van der Waals surface area (Å²) in [6.45, 7) is 1.69. The van der Waals surface area contributed by atoms with Crippen molar-refractivity contribution in [3.63, 3.8) is 0 Å². The third-order valence-corrected chi connectivity index (χ3v) is 2.99. The number of amides is 1. The molecule has 0 saturated carbocycles. The standard InChI is InChI=1S/C13H13F3N2O2/c1-7(18-12(19)20)4-8-6-17-11-5-9(13(14,15)16)2-3-10(8)11/h2-3,5-7,17-18H,4H2,1H3,(H,19,20). The van der Waals surface area contributed by atoms with Crippen LogP contribution in [0, 0.1) is 0 Å². The van der Waals surface area contributed by atoms with Crippen molar-refractivity contribution in [1.29, 1.82) is 0 Å². The third kappa shape index (κ3) is 3.04. The van der Waals surface area contributed by atoms with Crippen molar-refractivity contribution in [2.75, 3.05) is 0 Å². The number of hydrogen-bond donors (Lipinski definition) is 3. The van der Waals surface area contributed by atoms with Crippen molar-refractivity contribution >= 4 is 17.0 Å². The molecular weight excluding hydrogens is 273 g/mol. The first kappa shape index (κ1) is 14.2. The normalized spacial score (nSPS) is 13.4. The van der Waals surface area contributed by atoms with Gasteiger partial charge in [-0.3, -0.25) is 0 Å². The maximum Gasteiger partial charge on any atom is 0.416 e. The zero-order chi connectivity index (χ0) is 14.9. The van der Waals surface area contributed by atoms with Gasteiger partial charge >= 0.3 is 12.3 Å². The van der Waals surface area contributed by atoms with Crippen LogP contribution < -0.4 is 5.32 Å². The van der Waals surface area contributed by atoms with E-state index in [1.807, 2.05) is 0 Å². The molecule has 7 heteroatoms. The van der Waals surface area contributed by atoms with Gasteiger partial charge in [-0.1, -0.05) is 6.07 Å². The van der Waals surface area contributed by atoms with Crippen molar-refractivity contribution in [3.05, 3.63) is 35.5 Å². The van der Waals surface area contributed by atoms with Gasteiger partial charge in [-0.25, -0.2) is 4.79 Å². The number of carbonyl (C=O) groups is 1. The van der Waals surface area contributed by atoms with Crippen LogP contribution in [0.25, 0.3) is 10.9 Å². The van der Waals surface area contributed by atoms with Gasteiger partial charge in [0.05, 0.1) is 5.56 Å². The van der Waals surface area contributed by atoms with Gasteiger partial charge < -0.3 is 15.4 Å². The summed E-state index contributed by atoms with van der Waals surface area (Å²) >= 11 is 0. The van der Waals surface area contributed by atoms with Crippen LogP contribution in [0.1, 0.15) is 18.1 Å².